The Hall–Kier alpha value is -1.61. The van der Waals surface area contributed by atoms with Gasteiger partial charge in [-0.2, -0.15) is 0 Å². The summed E-state index contributed by atoms with van der Waals surface area (Å²) in [6.45, 7) is 0. The van der Waals surface area contributed by atoms with E-state index >= 15 is 0 Å². The van der Waals surface area contributed by atoms with Crippen LogP contribution in [0.3, 0.4) is 0 Å². The van der Waals surface area contributed by atoms with E-state index in [0.29, 0.717) is 5.02 Å². The number of hydrogen-bond acceptors (Lipinski definition) is 2. The highest BCUT2D eigenvalue weighted by Crippen LogP contribution is 2.26. The van der Waals surface area contributed by atoms with Gasteiger partial charge in [-0.25, -0.2) is 0 Å². The lowest BCUT2D eigenvalue weighted by molar-refractivity contribution is -0.384. The number of fused-ring (bicyclic) bond motifs is 1. The van der Waals surface area contributed by atoms with Gasteiger partial charge in [0.05, 0.1) is 4.92 Å². The van der Waals surface area contributed by atoms with Gasteiger partial charge >= 0.3 is 0 Å². The summed E-state index contributed by atoms with van der Waals surface area (Å²) in [5.74, 6) is 0. The van der Waals surface area contributed by atoms with Gasteiger partial charge in [-0.15, -0.1) is 0 Å². The minimum atomic E-state index is -0.416. The van der Waals surface area contributed by atoms with Crippen molar-refractivity contribution in [2.45, 2.75) is 0 Å². The lowest BCUT2D eigenvalue weighted by Gasteiger charge is -1.99. The molecule has 2 aromatic carbocycles. The monoisotopic (exact) mass is 207 g/mol. The van der Waals surface area contributed by atoms with Crippen LogP contribution in [0.5, 0.6) is 0 Å². The molecule has 0 fully saturated rings. The molecule has 0 saturated heterocycles. The van der Waals surface area contributed by atoms with Crippen molar-refractivity contribution in [2.24, 2.45) is 0 Å². The number of non-ortho nitro benzene ring substituents is 1. The van der Waals surface area contributed by atoms with E-state index in [4.69, 9.17) is 11.6 Å². The minimum Gasteiger partial charge on any atom is -0.258 e. The molecule has 0 N–H and O–H groups in total. The fourth-order valence-electron chi connectivity index (χ4n) is 1.35. The van der Waals surface area contributed by atoms with Crippen molar-refractivity contribution in [1.29, 1.82) is 0 Å². The maximum Gasteiger partial charge on any atom is 0.270 e. The molecule has 2 rings (SSSR count). The average molecular weight is 208 g/mol. The molecule has 3 nitrogen and oxygen atoms in total. The first kappa shape index (κ1) is 8.97. The van der Waals surface area contributed by atoms with Crippen molar-refractivity contribution < 1.29 is 4.92 Å². The van der Waals surface area contributed by atoms with Gasteiger partial charge in [0, 0.05) is 22.5 Å². The summed E-state index contributed by atoms with van der Waals surface area (Å²) in [6.07, 6.45) is 0. The van der Waals surface area contributed by atoms with E-state index in [2.05, 4.69) is 0 Å². The molecule has 4 heteroatoms. The summed E-state index contributed by atoms with van der Waals surface area (Å²) < 4.78 is 0. The zero-order valence-electron chi connectivity index (χ0n) is 7.11. The lowest BCUT2D eigenvalue weighted by Crippen LogP contribution is -1.87. The van der Waals surface area contributed by atoms with Gasteiger partial charge in [0.2, 0.25) is 0 Å². The first-order valence-corrected chi connectivity index (χ1v) is 4.39. The average Bonchev–Trinajstić information content (AvgIpc) is 2.17. The minimum absolute atomic E-state index is 0.0831. The maximum atomic E-state index is 10.5. The summed E-state index contributed by atoms with van der Waals surface area (Å²) in [6, 6.07) is 9.96. The van der Waals surface area contributed by atoms with Crippen molar-refractivity contribution in [3.63, 3.8) is 0 Å². The van der Waals surface area contributed by atoms with E-state index in [1.54, 1.807) is 24.3 Å². The van der Waals surface area contributed by atoms with Gasteiger partial charge in [-0.3, -0.25) is 10.1 Å². The van der Waals surface area contributed by atoms with Crippen LogP contribution >= 0.6 is 11.6 Å². The molecule has 0 heterocycles. The Labute approximate surface area is 85.1 Å². The van der Waals surface area contributed by atoms with E-state index in [1.165, 1.54) is 12.1 Å². The Balaban J connectivity index is 2.73. The molecule has 14 heavy (non-hydrogen) atoms. The number of nitro groups is 1. The molecule has 0 aliphatic carbocycles. The van der Waals surface area contributed by atoms with Crippen LogP contribution in [0.2, 0.25) is 5.02 Å². The maximum absolute atomic E-state index is 10.5. The predicted octanol–water partition coefficient (Wildman–Crippen LogP) is 3.40. The van der Waals surface area contributed by atoms with Gasteiger partial charge in [-0.05, 0) is 17.5 Å². The third-order valence-corrected chi connectivity index (χ3v) is 2.35. The van der Waals surface area contributed by atoms with Crippen LogP contribution in [0.25, 0.3) is 10.8 Å². The third-order valence-electron chi connectivity index (χ3n) is 2.02. The molecule has 0 saturated carbocycles. The van der Waals surface area contributed by atoms with Crippen LogP contribution < -0.4 is 0 Å². The number of benzene rings is 2. The number of halogens is 1. The molecule has 0 aromatic heterocycles. The summed E-state index contributed by atoms with van der Waals surface area (Å²) in [4.78, 5) is 10.1. The highest BCUT2D eigenvalue weighted by Gasteiger charge is 2.06. The molecule has 0 aliphatic heterocycles. The summed E-state index contributed by atoms with van der Waals surface area (Å²) in [5, 5.41) is 12.7. The predicted molar refractivity (Wildman–Crippen MR) is 55.6 cm³/mol. The van der Waals surface area contributed by atoms with Crippen molar-refractivity contribution in [3.8, 4) is 0 Å². The van der Waals surface area contributed by atoms with E-state index in [1.807, 2.05) is 0 Å². The topological polar surface area (TPSA) is 43.1 Å². The van der Waals surface area contributed by atoms with Crippen LogP contribution in [0, 0.1) is 10.1 Å². The fourth-order valence-corrected chi connectivity index (χ4v) is 1.59. The summed E-state index contributed by atoms with van der Waals surface area (Å²) in [5.41, 5.74) is 0.0831. The van der Waals surface area contributed by atoms with Gasteiger partial charge < -0.3 is 0 Å². The first-order chi connectivity index (χ1) is 6.68. The van der Waals surface area contributed by atoms with Crippen LogP contribution in [0.1, 0.15) is 0 Å². The number of nitro benzene ring substituents is 1. The molecule has 0 aliphatic rings. The molecule has 0 bridgehead atoms. The quantitative estimate of drug-likeness (QED) is 0.531. The number of rotatable bonds is 1. The SMILES string of the molecule is O=[N+]([O-])c1ccc2c(Cl)cccc2c1. The molecule has 70 valence electrons. The van der Waals surface area contributed by atoms with Crippen LogP contribution in [0.4, 0.5) is 5.69 Å². The number of hydrogen-bond donors (Lipinski definition) is 0. The van der Waals surface area contributed by atoms with Crippen molar-refractivity contribution in [3.05, 3.63) is 51.5 Å². The van der Waals surface area contributed by atoms with Gasteiger partial charge in [0.1, 0.15) is 0 Å². The second-order valence-corrected chi connectivity index (χ2v) is 3.31. The van der Waals surface area contributed by atoms with Crippen LogP contribution in [0.15, 0.2) is 36.4 Å². The molecule has 0 unspecified atom stereocenters. The Bertz CT molecular complexity index is 510. The lowest BCUT2D eigenvalue weighted by atomic mass is 10.1. The normalized spacial score (nSPS) is 10.4. The standard InChI is InChI=1S/C10H6ClNO2/c11-10-3-1-2-7-6-8(12(13)14)4-5-9(7)10/h1-6H. The second-order valence-electron chi connectivity index (χ2n) is 2.90. The Kier molecular flexibility index (Phi) is 2.09. The van der Waals surface area contributed by atoms with Crippen molar-refractivity contribution >= 4 is 28.1 Å². The van der Waals surface area contributed by atoms with Gasteiger partial charge in [0.25, 0.3) is 5.69 Å². The van der Waals surface area contributed by atoms with E-state index in [9.17, 15) is 10.1 Å². The van der Waals surface area contributed by atoms with Crippen molar-refractivity contribution in [1.82, 2.24) is 0 Å². The molecular formula is C10H6ClNO2. The molecule has 0 radical (unpaired) electrons. The third kappa shape index (κ3) is 1.42. The second kappa shape index (κ2) is 3.27. The largest absolute Gasteiger partial charge is 0.270 e. The highest BCUT2D eigenvalue weighted by molar-refractivity contribution is 6.35. The number of nitrogens with zero attached hydrogens (tertiary/aromatic N) is 1. The Morgan fingerprint density at radius 2 is 2.00 bits per heavy atom. The molecule has 0 amide bonds. The van der Waals surface area contributed by atoms with Gasteiger partial charge in [-0.1, -0.05) is 23.7 Å². The van der Waals surface area contributed by atoms with Crippen LogP contribution in [-0.4, -0.2) is 4.92 Å². The van der Waals surface area contributed by atoms with Crippen molar-refractivity contribution in [2.75, 3.05) is 0 Å². The van der Waals surface area contributed by atoms with Gasteiger partial charge in [0.15, 0.2) is 0 Å². The summed E-state index contributed by atoms with van der Waals surface area (Å²) in [7, 11) is 0. The summed E-state index contributed by atoms with van der Waals surface area (Å²) >= 11 is 5.92. The Morgan fingerprint density at radius 3 is 2.71 bits per heavy atom. The Morgan fingerprint density at radius 1 is 1.21 bits per heavy atom. The zero-order valence-corrected chi connectivity index (χ0v) is 7.86. The molecule has 0 atom stereocenters. The highest BCUT2D eigenvalue weighted by atomic mass is 35.5. The molecule has 0 spiro atoms. The van der Waals surface area contributed by atoms with E-state index in [-0.39, 0.29) is 5.69 Å². The van der Waals surface area contributed by atoms with E-state index < -0.39 is 4.92 Å². The van der Waals surface area contributed by atoms with Crippen LogP contribution in [-0.2, 0) is 0 Å². The molecular weight excluding hydrogens is 202 g/mol. The van der Waals surface area contributed by atoms with E-state index in [0.717, 1.165) is 10.8 Å². The zero-order chi connectivity index (χ0) is 10.1. The molecule has 2 aromatic rings. The fraction of sp³-hybridized carbons (Fsp3) is 0. The first-order valence-electron chi connectivity index (χ1n) is 4.01. The smallest absolute Gasteiger partial charge is 0.258 e.